The van der Waals surface area contributed by atoms with Crippen LogP contribution in [0.25, 0.3) is 0 Å². The van der Waals surface area contributed by atoms with E-state index < -0.39 is 51.6 Å². The fourth-order valence-electron chi connectivity index (χ4n) is 8.77. The summed E-state index contributed by atoms with van der Waals surface area (Å²) in [6.07, 6.45) is -7.59. The molecule has 1 N–H and O–H groups in total. The number of halogens is 5. The van der Waals surface area contributed by atoms with Gasteiger partial charge >= 0.3 is 33.5 Å². The highest BCUT2D eigenvalue weighted by Gasteiger charge is 2.67. The molecule has 4 saturated carbocycles. The standard InChI is InChI=1S/C29H37F5O10S/c1-14(4-7-22(38)43-13-23(39)44-25(28(30,31)32)29(33,34)45(40,41)42)17-5-6-18-24-19(12-21(37)27(17,18)3)26(2)9-8-16(35)10-15(26)11-20(24)36/h14-15,17-19,24-25H,4-13H2,1-3H3,(H,40,41,42)/t14-,15+,17?,18+,19+,24+,25?,26+,27-/m1/s1. The van der Waals surface area contributed by atoms with E-state index in [2.05, 4.69) is 16.4 Å². The molecule has 0 aromatic heterocycles. The first-order chi connectivity index (χ1) is 20.5. The third-order valence-electron chi connectivity index (χ3n) is 11.3. The monoisotopic (exact) mass is 672 g/mol. The van der Waals surface area contributed by atoms with Crippen LogP contribution in [0.4, 0.5) is 22.0 Å². The number of Topliss-reactive ketones (excluding diaryl/α,β-unsaturated/α-hetero) is 3. The van der Waals surface area contributed by atoms with E-state index in [0.29, 0.717) is 38.5 Å². The molecule has 0 aliphatic heterocycles. The number of alkyl halides is 5. The van der Waals surface area contributed by atoms with Crippen molar-refractivity contribution in [2.75, 3.05) is 6.61 Å². The Morgan fingerprint density at radius 2 is 1.64 bits per heavy atom. The molecule has 0 spiro atoms. The second kappa shape index (κ2) is 11.9. The van der Waals surface area contributed by atoms with Gasteiger partial charge in [-0.25, -0.2) is 4.79 Å². The smallest absolute Gasteiger partial charge is 0.432 e. The summed E-state index contributed by atoms with van der Waals surface area (Å²) in [7, 11) is -6.62. The van der Waals surface area contributed by atoms with Crippen LogP contribution in [-0.4, -0.2) is 66.4 Å². The zero-order valence-electron chi connectivity index (χ0n) is 25.0. The van der Waals surface area contributed by atoms with E-state index in [9.17, 15) is 54.3 Å². The lowest BCUT2D eigenvalue weighted by molar-refractivity contribution is -0.260. The minimum atomic E-state index is -6.62. The summed E-state index contributed by atoms with van der Waals surface area (Å²) in [5, 5.41) is -5.91. The van der Waals surface area contributed by atoms with Crippen LogP contribution in [0.2, 0.25) is 0 Å². The van der Waals surface area contributed by atoms with E-state index in [0.717, 1.165) is 0 Å². The fourth-order valence-corrected chi connectivity index (χ4v) is 9.23. The lowest BCUT2D eigenvalue weighted by atomic mass is 9.44. The summed E-state index contributed by atoms with van der Waals surface area (Å²) in [6.45, 7) is 4.26. The van der Waals surface area contributed by atoms with Gasteiger partial charge in [-0.05, 0) is 60.7 Å². The van der Waals surface area contributed by atoms with Gasteiger partial charge < -0.3 is 9.47 Å². The Morgan fingerprint density at radius 3 is 2.24 bits per heavy atom. The van der Waals surface area contributed by atoms with Gasteiger partial charge in [0, 0.05) is 43.4 Å². The number of hydrogen-bond donors (Lipinski definition) is 1. The Kier molecular flexibility index (Phi) is 9.39. The highest BCUT2D eigenvalue weighted by atomic mass is 32.2. The first-order valence-electron chi connectivity index (χ1n) is 14.9. The Bertz CT molecular complexity index is 1360. The van der Waals surface area contributed by atoms with Gasteiger partial charge in [-0.3, -0.25) is 23.7 Å². The number of carbonyl (C=O) groups is 5. The maximum absolute atomic E-state index is 13.9. The average Bonchev–Trinajstić information content (AvgIpc) is 3.27. The number of ether oxygens (including phenoxy) is 2. The highest BCUT2D eigenvalue weighted by molar-refractivity contribution is 7.86. The molecule has 4 aliphatic rings. The largest absolute Gasteiger partial charge is 0.454 e. The third-order valence-corrected chi connectivity index (χ3v) is 12.2. The van der Waals surface area contributed by atoms with Crippen molar-refractivity contribution in [1.29, 1.82) is 0 Å². The molecule has 9 atom stereocenters. The summed E-state index contributed by atoms with van der Waals surface area (Å²) in [5.74, 6) is -4.07. The van der Waals surface area contributed by atoms with Gasteiger partial charge in [0.1, 0.15) is 17.3 Å². The highest BCUT2D eigenvalue weighted by Crippen LogP contribution is 2.66. The van der Waals surface area contributed by atoms with Crippen LogP contribution in [0.1, 0.15) is 78.6 Å². The molecular formula is C29H37F5O10S. The molecule has 0 aromatic rings. The van der Waals surface area contributed by atoms with Crippen molar-refractivity contribution in [3.63, 3.8) is 0 Å². The van der Waals surface area contributed by atoms with E-state index in [1.807, 2.05) is 13.8 Å². The summed E-state index contributed by atoms with van der Waals surface area (Å²) in [4.78, 5) is 63.5. The second-order valence-electron chi connectivity index (χ2n) is 13.6. The molecule has 4 rings (SSSR count). The minimum absolute atomic E-state index is 0.0425. The van der Waals surface area contributed by atoms with Gasteiger partial charge in [0.2, 0.25) is 0 Å². The lowest BCUT2D eigenvalue weighted by Crippen LogP contribution is -2.60. The number of fused-ring (bicyclic) bond motifs is 5. The SMILES string of the molecule is C[C@H](CCC(=O)OCC(=O)OC(C(F)(F)F)C(F)(F)S(=O)(=O)O)C1CC[C@H]2[C@@H]3C(=O)C[C@@H]4CC(=O)CC[C@]4(C)[C@H]3CC(=O)[C@]12C. The van der Waals surface area contributed by atoms with Gasteiger partial charge in [0.25, 0.3) is 6.10 Å². The molecule has 2 unspecified atom stereocenters. The zero-order chi connectivity index (χ0) is 33.9. The first kappa shape index (κ1) is 35.4. The fraction of sp³-hybridized carbons (Fsp3) is 0.828. The minimum Gasteiger partial charge on any atom is -0.454 e. The number of ketones is 3. The van der Waals surface area contributed by atoms with Crippen LogP contribution in [0.15, 0.2) is 0 Å². The molecule has 4 fully saturated rings. The average molecular weight is 673 g/mol. The van der Waals surface area contributed by atoms with Crippen molar-refractivity contribution in [3.05, 3.63) is 0 Å². The van der Waals surface area contributed by atoms with Crippen molar-refractivity contribution < 1.29 is 68.4 Å². The number of hydrogen-bond acceptors (Lipinski definition) is 9. The van der Waals surface area contributed by atoms with Crippen LogP contribution in [0.5, 0.6) is 0 Å². The quantitative estimate of drug-likeness (QED) is 0.210. The molecule has 0 saturated heterocycles. The normalized spacial score (nSPS) is 35.1. The van der Waals surface area contributed by atoms with Crippen LogP contribution in [0.3, 0.4) is 0 Å². The maximum Gasteiger partial charge on any atom is 0.432 e. The van der Waals surface area contributed by atoms with Crippen LogP contribution in [0, 0.1) is 46.3 Å². The molecular weight excluding hydrogens is 635 g/mol. The van der Waals surface area contributed by atoms with Crippen LogP contribution < -0.4 is 0 Å². The molecule has 0 bridgehead atoms. The maximum atomic E-state index is 13.9. The topological polar surface area (TPSA) is 158 Å². The van der Waals surface area contributed by atoms with E-state index in [-0.39, 0.29) is 77.5 Å². The zero-order valence-corrected chi connectivity index (χ0v) is 25.8. The number of esters is 2. The molecule has 4 aliphatic carbocycles. The molecule has 0 aromatic carbocycles. The van der Waals surface area contributed by atoms with Crippen LogP contribution >= 0.6 is 0 Å². The molecule has 45 heavy (non-hydrogen) atoms. The van der Waals surface area contributed by atoms with E-state index >= 15 is 0 Å². The molecule has 254 valence electrons. The molecule has 16 heteroatoms. The Morgan fingerprint density at radius 1 is 1.00 bits per heavy atom. The Labute approximate surface area is 256 Å². The van der Waals surface area contributed by atoms with Gasteiger partial charge in [0.15, 0.2) is 6.61 Å². The van der Waals surface area contributed by atoms with Crippen molar-refractivity contribution in [2.45, 2.75) is 96.1 Å². The lowest BCUT2D eigenvalue weighted by Gasteiger charge is -2.58. The third kappa shape index (κ3) is 6.29. The molecule has 0 radical (unpaired) electrons. The van der Waals surface area contributed by atoms with Crippen molar-refractivity contribution in [1.82, 2.24) is 0 Å². The van der Waals surface area contributed by atoms with Crippen molar-refractivity contribution in [2.24, 2.45) is 46.3 Å². The van der Waals surface area contributed by atoms with Crippen molar-refractivity contribution in [3.8, 4) is 0 Å². The predicted octanol–water partition coefficient (Wildman–Crippen LogP) is 4.49. The molecule has 0 heterocycles. The molecule has 0 amide bonds. The van der Waals surface area contributed by atoms with Gasteiger partial charge in [-0.15, -0.1) is 0 Å². The van der Waals surface area contributed by atoms with Crippen LogP contribution in [-0.2, 0) is 43.6 Å². The van der Waals surface area contributed by atoms with Crippen molar-refractivity contribution >= 4 is 39.4 Å². The molecule has 10 nitrogen and oxygen atoms in total. The number of rotatable bonds is 9. The predicted molar refractivity (Wildman–Crippen MR) is 143 cm³/mol. The van der Waals surface area contributed by atoms with E-state index in [1.54, 1.807) is 0 Å². The first-order valence-corrected chi connectivity index (χ1v) is 16.3. The number of carbonyl (C=O) groups excluding carboxylic acids is 5. The Balaban J connectivity index is 1.36. The van der Waals surface area contributed by atoms with E-state index in [4.69, 9.17) is 4.55 Å². The summed E-state index contributed by atoms with van der Waals surface area (Å²) >= 11 is 0. The summed E-state index contributed by atoms with van der Waals surface area (Å²) in [6, 6.07) is 0. The van der Waals surface area contributed by atoms with Gasteiger partial charge in [0.05, 0.1) is 0 Å². The summed E-state index contributed by atoms with van der Waals surface area (Å²) < 4.78 is 104. The van der Waals surface area contributed by atoms with E-state index in [1.165, 1.54) is 0 Å². The second-order valence-corrected chi connectivity index (χ2v) is 15.1. The summed E-state index contributed by atoms with van der Waals surface area (Å²) in [5.41, 5.74) is -1.11. The Hall–Kier alpha value is -2.49. The van der Waals surface area contributed by atoms with Gasteiger partial charge in [-0.2, -0.15) is 30.4 Å². The van der Waals surface area contributed by atoms with Gasteiger partial charge in [-0.1, -0.05) is 20.8 Å².